The second kappa shape index (κ2) is 10.2. The predicted molar refractivity (Wildman–Crippen MR) is 123 cm³/mol. The van der Waals surface area contributed by atoms with E-state index in [1.165, 1.54) is 18.3 Å². The summed E-state index contributed by atoms with van der Waals surface area (Å²) in [6, 6.07) is 11.6. The monoisotopic (exact) mass is 465 g/mol. The number of benzene rings is 1. The normalized spacial score (nSPS) is 10.7. The van der Waals surface area contributed by atoms with Crippen molar-refractivity contribution in [1.29, 1.82) is 0 Å². The fourth-order valence-corrected chi connectivity index (χ4v) is 5.58. The van der Waals surface area contributed by atoms with Crippen LogP contribution in [0.1, 0.15) is 23.1 Å². The third-order valence-electron chi connectivity index (χ3n) is 3.87. The Bertz CT molecular complexity index is 1020. The number of carbonyl (C=O) groups is 2. The molecule has 2 amide bonds. The molecule has 5 nitrogen and oxygen atoms in total. The molecule has 0 unspecified atom stereocenters. The minimum atomic E-state index is -0.0672. The first-order valence-electron chi connectivity index (χ1n) is 8.90. The maximum Gasteiger partial charge on any atom is 0.226 e. The van der Waals surface area contributed by atoms with Gasteiger partial charge in [-0.05, 0) is 31.2 Å². The van der Waals surface area contributed by atoms with E-state index in [1.807, 2.05) is 43.3 Å². The number of nitrogens with one attached hydrogen (secondary N) is 2. The Morgan fingerprint density at radius 3 is 2.72 bits per heavy atom. The number of halogens is 1. The quantitative estimate of drug-likeness (QED) is 0.425. The number of aryl methyl sites for hydroxylation is 1. The second-order valence-corrected chi connectivity index (χ2v) is 10.1. The SMILES string of the molecule is CC(=O)NCc1ccc(-c2nc(NC(=O)CCSc3ccccc3Cl)sc2C)s1. The zero-order valence-electron chi connectivity index (χ0n) is 16.0. The summed E-state index contributed by atoms with van der Waals surface area (Å²) in [5, 5.41) is 6.98. The van der Waals surface area contributed by atoms with Crippen LogP contribution in [-0.4, -0.2) is 22.6 Å². The molecule has 3 aromatic rings. The third kappa shape index (κ3) is 6.30. The highest BCUT2D eigenvalue weighted by molar-refractivity contribution is 7.99. The van der Waals surface area contributed by atoms with Crippen molar-refractivity contribution in [3.63, 3.8) is 0 Å². The van der Waals surface area contributed by atoms with Gasteiger partial charge in [-0.3, -0.25) is 9.59 Å². The molecular weight excluding hydrogens is 446 g/mol. The number of hydrogen-bond donors (Lipinski definition) is 2. The lowest BCUT2D eigenvalue weighted by molar-refractivity contribution is -0.119. The predicted octanol–water partition coefficient (Wildman–Crippen LogP) is 5.59. The Labute approximate surface area is 186 Å². The van der Waals surface area contributed by atoms with Gasteiger partial charge in [0.1, 0.15) is 0 Å². The van der Waals surface area contributed by atoms with Crippen molar-refractivity contribution in [2.45, 2.75) is 31.7 Å². The number of amides is 2. The average molecular weight is 466 g/mol. The van der Waals surface area contributed by atoms with Crippen LogP contribution < -0.4 is 10.6 Å². The van der Waals surface area contributed by atoms with Gasteiger partial charge in [-0.2, -0.15) is 0 Å². The number of nitrogens with zero attached hydrogens (tertiary/aromatic N) is 1. The summed E-state index contributed by atoms with van der Waals surface area (Å²) in [5.41, 5.74) is 0.870. The highest BCUT2D eigenvalue weighted by Gasteiger charge is 2.14. The fraction of sp³-hybridized carbons (Fsp3) is 0.250. The van der Waals surface area contributed by atoms with E-state index >= 15 is 0 Å². The number of carbonyl (C=O) groups excluding carboxylic acids is 2. The van der Waals surface area contributed by atoms with E-state index in [4.69, 9.17) is 11.6 Å². The largest absolute Gasteiger partial charge is 0.351 e. The summed E-state index contributed by atoms with van der Waals surface area (Å²) < 4.78 is 0. The zero-order valence-corrected chi connectivity index (χ0v) is 19.2. The number of anilines is 1. The highest BCUT2D eigenvalue weighted by Crippen LogP contribution is 2.35. The van der Waals surface area contributed by atoms with Crippen molar-refractivity contribution in [1.82, 2.24) is 10.3 Å². The smallest absolute Gasteiger partial charge is 0.226 e. The average Bonchev–Trinajstić information content (AvgIpc) is 3.28. The number of hydrogen-bond acceptors (Lipinski definition) is 6. The van der Waals surface area contributed by atoms with Crippen molar-refractivity contribution >= 4 is 63.0 Å². The summed E-state index contributed by atoms with van der Waals surface area (Å²) in [6.07, 6.45) is 0.379. The van der Waals surface area contributed by atoms with E-state index in [2.05, 4.69) is 15.6 Å². The molecule has 0 saturated carbocycles. The molecular formula is C20H20ClN3O2S3. The lowest BCUT2D eigenvalue weighted by Crippen LogP contribution is -2.17. The molecule has 2 aromatic heterocycles. The maximum atomic E-state index is 12.3. The Balaban J connectivity index is 1.55. The Hall–Kier alpha value is -1.87. The second-order valence-electron chi connectivity index (χ2n) is 6.18. The molecule has 3 rings (SSSR count). The Morgan fingerprint density at radius 1 is 1.17 bits per heavy atom. The molecule has 152 valence electrons. The van der Waals surface area contributed by atoms with Crippen molar-refractivity contribution < 1.29 is 9.59 Å². The van der Waals surface area contributed by atoms with Gasteiger partial charge in [0, 0.05) is 33.7 Å². The van der Waals surface area contributed by atoms with E-state index in [-0.39, 0.29) is 11.8 Å². The summed E-state index contributed by atoms with van der Waals surface area (Å²) >= 11 is 10.7. The van der Waals surface area contributed by atoms with Crippen LogP contribution in [-0.2, 0) is 16.1 Å². The van der Waals surface area contributed by atoms with E-state index in [1.54, 1.807) is 23.1 Å². The van der Waals surface area contributed by atoms with Crippen molar-refractivity contribution in [2.24, 2.45) is 0 Å². The van der Waals surface area contributed by atoms with Gasteiger partial charge >= 0.3 is 0 Å². The van der Waals surface area contributed by atoms with E-state index in [9.17, 15) is 9.59 Å². The standard InChI is InChI=1S/C20H20ClN3O2S3/c1-12-19(17-8-7-14(29-17)11-22-13(2)25)24-20(28-12)23-18(26)9-10-27-16-6-4-3-5-15(16)21/h3-8H,9-11H2,1-2H3,(H,22,25)(H,23,24,26). The molecule has 0 spiro atoms. The van der Waals surface area contributed by atoms with Crippen LogP contribution in [0.5, 0.6) is 0 Å². The summed E-state index contributed by atoms with van der Waals surface area (Å²) in [4.78, 5) is 32.0. The topological polar surface area (TPSA) is 71.1 Å². The van der Waals surface area contributed by atoms with Crippen LogP contribution in [0.15, 0.2) is 41.3 Å². The molecule has 2 N–H and O–H groups in total. The molecule has 0 radical (unpaired) electrons. The van der Waals surface area contributed by atoms with Gasteiger partial charge in [-0.25, -0.2) is 4.98 Å². The fourth-order valence-electron chi connectivity index (χ4n) is 2.49. The lowest BCUT2D eigenvalue weighted by atomic mass is 10.3. The van der Waals surface area contributed by atoms with Gasteiger partial charge in [-0.15, -0.1) is 34.4 Å². The molecule has 1 aromatic carbocycles. The summed E-state index contributed by atoms with van der Waals surface area (Å²) in [6.45, 7) is 4.00. The first-order chi connectivity index (χ1) is 13.9. The van der Waals surface area contributed by atoms with Crippen LogP contribution in [0.3, 0.4) is 0 Å². The first-order valence-corrected chi connectivity index (χ1v) is 11.9. The molecule has 0 aliphatic rings. The van der Waals surface area contributed by atoms with Crippen LogP contribution in [0.25, 0.3) is 10.6 Å². The van der Waals surface area contributed by atoms with E-state index in [0.29, 0.717) is 28.9 Å². The molecule has 2 heterocycles. The molecule has 0 aliphatic carbocycles. The van der Waals surface area contributed by atoms with Crippen molar-refractivity contribution in [3.8, 4) is 10.6 Å². The van der Waals surface area contributed by atoms with Gasteiger partial charge in [-0.1, -0.05) is 23.7 Å². The summed E-state index contributed by atoms with van der Waals surface area (Å²) in [5.74, 6) is 0.523. The van der Waals surface area contributed by atoms with Crippen LogP contribution >= 0.6 is 46.0 Å². The Morgan fingerprint density at radius 2 is 1.97 bits per heavy atom. The molecule has 0 aliphatic heterocycles. The van der Waals surface area contributed by atoms with Crippen molar-refractivity contribution in [3.05, 3.63) is 51.2 Å². The van der Waals surface area contributed by atoms with Crippen LogP contribution in [0, 0.1) is 6.92 Å². The van der Waals surface area contributed by atoms with Crippen molar-refractivity contribution in [2.75, 3.05) is 11.1 Å². The molecule has 0 saturated heterocycles. The lowest BCUT2D eigenvalue weighted by Gasteiger charge is -2.04. The molecule has 9 heteroatoms. The summed E-state index contributed by atoms with van der Waals surface area (Å²) in [7, 11) is 0. The number of thioether (sulfide) groups is 1. The van der Waals surface area contributed by atoms with E-state index in [0.717, 1.165) is 25.2 Å². The van der Waals surface area contributed by atoms with Gasteiger partial charge < -0.3 is 10.6 Å². The molecule has 0 fully saturated rings. The highest BCUT2D eigenvalue weighted by atomic mass is 35.5. The Kier molecular flexibility index (Phi) is 7.71. The van der Waals surface area contributed by atoms with Gasteiger partial charge in [0.2, 0.25) is 11.8 Å². The third-order valence-corrected chi connectivity index (χ3v) is 7.37. The number of rotatable bonds is 8. The van der Waals surface area contributed by atoms with Gasteiger partial charge in [0.05, 0.1) is 22.1 Å². The zero-order chi connectivity index (χ0) is 20.8. The molecule has 29 heavy (non-hydrogen) atoms. The van der Waals surface area contributed by atoms with Crippen LogP contribution in [0.4, 0.5) is 5.13 Å². The minimum absolute atomic E-state index is 0.0533. The first kappa shape index (κ1) is 21.8. The number of aromatic nitrogens is 1. The van der Waals surface area contributed by atoms with Gasteiger partial charge in [0.25, 0.3) is 0 Å². The molecule has 0 atom stereocenters. The molecule has 0 bridgehead atoms. The number of thiazole rings is 1. The van der Waals surface area contributed by atoms with Gasteiger partial charge in [0.15, 0.2) is 5.13 Å². The van der Waals surface area contributed by atoms with Crippen LogP contribution in [0.2, 0.25) is 5.02 Å². The number of thiophene rings is 1. The van der Waals surface area contributed by atoms with E-state index < -0.39 is 0 Å². The minimum Gasteiger partial charge on any atom is -0.351 e. The maximum absolute atomic E-state index is 12.3.